The molecule has 2 aromatic heterocycles. The Morgan fingerprint density at radius 1 is 1.24 bits per heavy atom. The summed E-state index contributed by atoms with van der Waals surface area (Å²) in [5.74, 6) is 3.43. The number of hydrogen-bond acceptors (Lipinski definition) is 3. The van der Waals surface area contributed by atoms with E-state index in [0.717, 1.165) is 36.7 Å². The lowest BCUT2D eigenvalue weighted by atomic mass is 9.93. The van der Waals surface area contributed by atoms with Gasteiger partial charge in [-0.1, -0.05) is 12.2 Å². The molecule has 108 valence electrons. The van der Waals surface area contributed by atoms with Gasteiger partial charge in [0.2, 0.25) is 0 Å². The molecule has 0 radical (unpaired) electrons. The molecule has 2 aliphatic carbocycles. The Morgan fingerprint density at radius 2 is 2.24 bits per heavy atom. The van der Waals surface area contributed by atoms with Gasteiger partial charge in [0.1, 0.15) is 12.1 Å². The van der Waals surface area contributed by atoms with Crippen LogP contribution in [0.3, 0.4) is 0 Å². The van der Waals surface area contributed by atoms with E-state index in [1.807, 2.05) is 17.0 Å². The summed E-state index contributed by atoms with van der Waals surface area (Å²) in [5, 5.41) is 3.61. The zero-order valence-electron chi connectivity index (χ0n) is 12.0. The maximum Gasteiger partial charge on any atom is 0.138 e. The van der Waals surface area contributed by atoms with Crippen molar-refractivity contribution in [3.8, 4) is 5.82 Å². The molecule has 2 aromatic rings. The van der Waals surface area contributed by atoms with E-state index in [1.165, 1.54) is 18.4 Å². The Balaban J connectivity index is 1.35. The fourth-order valence-electron chi connectivity index (χ4n) is 3.64. The molecule has 4 rings (SSSR count). The summed E-state index contributed by atoms with van der Waals surface area (Å²) >= 11 is 0. The highest BCUT2D eigenvalue weighted by Gasteiger charge is 2.34. The molecule has 0 unspecified atom stereocenters. The van der Waals surface area contributed by atoms with E-state index in [1.54, 1.807) is 12.5 Å². The first-order chi connectivity index (χ1) is 10.4. The largest absolute Gasteiger partial charge is 0.312 e. The van der Waals surface area contributed by atoms with E-state index in [9.17, 15) is 0 Å². The highest BCUT2D eigenvalue weighted by atomic mass is 15.1. The van der Waals surface area contributed by atoms with E-state index in [0.29, 0.717) is 0 Å². The van der Waals surface area contributed by atoms with Crippen LogP contribution in [-0.2, 0) is 6.54 Å². The fraction of sp³-hybridized carbons (Fsp3) is 0.412. The van der Waals surface area contributed by atoms with E-state index < -0.39 is 0 Å². The highest BCUT2D eigenvalue weighted by molar-refractivity contribution is 5.27. The second-order valence-corrected chi connectivity index (χ2v) is 6.16. The molecule has 4 nitrogen and oxygen atoms in total. The molecule has 0 aliphatic heterocycles. The van der Waals surface area contributed by atoms with E-state index >= 15 is 0 Å². The van der Waals surface area contributed by atoms with Gasteiger partial charge >= 0.3 is 0 Å². The maximum absolute atomic E-state index is 4.38. The molecular formula is C17H20N4. The Labute approximate surface area is 124 Å². The van der Waals surface area contributed by atoms with Crippen molar-refractivity contribution in [3.63, 3.8) is 0 Å². The number of rotatable bonds is 5. The molecule has 0 amide bonds. The topological polar surface area (TPSA) is 42.7 Å². The van der Waals surface area contributed by atoms with Gasteiger partial charge in [0.25, 0.3) is 0 Å². The zero-order chi connectivity index (χ0) is 14.1. The smallest absolute Gasteiger partial charge is 0.138 e. The van der Waals surface area contributed by atoms with E-state index in [4.69, 9.17) is 0 Å². The van der Waals surface area contributed by atoms with Gasteiger partial charge in [0.15, 0.2) is 0 Å². The van der Waals surface area contributed by atoms with Crippen LogP contribution in [0, 0.1) is 17.8 Å². The molecular weight excluding hydrogens is 260 g/mol. The lowest BCUT2D eigenvalue weighted by Crippen LogP contribution is -2.25. The molecule has 2 heterocycles. The average molecular weight is 280 g/mol. The summed E-state index contributed by atoms with van der Waals surface area (Å²) in [5.41, 5.74) is 1.27. The molecule has 4 heteroatoms. The number of pyridine rings is 1. The van der Waals surface area contributed by atoms with Crippen molar-refractivity contribution in [2.45, 2.75) is 19.4 Å². The summed E-state index contributed by atoms with van der Waals surface area (Å²) in [7, 11) is 0. The van der Waals surface area contributed by atoms with Gasteiger partial charge < -0.3 is 5.32 Å². The van der Waals surface area contributed by atoms with Gasteiger partial charge in [-0.15, -0.1) is 0 Å². The van der Waals surface area contributed by atoms with Crippen LogP contribution in [0.25, 0.3) is 5.82 Å². The Bertz CT molecular complexity index is 632. The minimum Gasteiger partial charge on any atom is -0.312 e. The number of hydrogen-bond donors (Lipinski definition) is 1. The van der Waals surface area contributed by atoms with Gasteiger partial charge in [-0.25, -0.2) is 9.97 Å². The maximum atomic E-state index is 4.38. The minimum absolute atomic E-state index is 0.821. The van der Waals surface area contributed by atoms with Crippen LogP contribution in [0.1, 0.15) is 18.4 Å². The zero-order valence-corrected chi connectivity index (χ0v) is 12.0. The van der Waals surface area contributed by atoms with Crippen molar-refractivity contribution in [2.75, 3.05) is 6.54 Å². The summed E-state index contributed by atoms with van der Waals surface area (Å²) in [6, 6.07) is 4.20. The quantitative estimate of drug-likeness (QED) is 0.856. The average Bonchev–Trinajstić information content (AvgIpc) is 3.25. The van der Waals surface area contributed by atoms with Crippen LogP contribution >= 0.6 is 0 Å². The third-order valence-corrected chi connectivity index (χ3v) is 4.73. The number of aromatic nitrogens is 3. The summed E-state index contributed by atoms with van der Waals surface area (Å²) < 4.78 is 1.93. The number of imidazole rings is 1. The second-order valence-electron chi connectivity index (χ2n) is 6.16. The molecule has 0 spiro atoms. The third kappa shape index (κ3) is 2.63. The second kappa shape index (κ2) is 5.45. The van der Waals surface area contributed by atoms with Gasteiger partial charge in [0.05, 0.1) is 0 Å². The molecule has 0 aromatic carbocycles. The molecule has 21 heavy (non-hydrogen) atoms. The van der Waals surface area contributed by atoms with E-state index in [2.05, 4.69) is 39.6 Å². The number of allylic oxidation sites excluding steroid dienone is 2. The standard InChI is InChI=1S/C17H20N4/c1-2-15-7-13(1)8-16(15)11-19-10-14-3-4-20-17(9-14)21-6-5-18-12-21/h1-6,9,12-13,15-16,19H,7-8,10-11H2/t13-,15-,16-/m0/s1. The van der Waals surface area contributed by atoms with Crippen molar-refractivity contribution in [3.05, 3.63) is 54.8 Å². The lowest BCUT2D eigenvalue weighted by molar-refractivity contribution is 0.414. The fourth-order valence-corrected chi connectivity index (χ4v) is 3.64. The van der Waals surface area contributed by atoms with Crippen molar-refractivity contribution in [2.24, 2.45) is 17.8 Å². The SMILES string of the molecule is C1=C[C@H]2C[C@H]1C[C@H]2CNCc1ccnc(-n2ccnc2)c1. The van der Waals surface area contributed by atoms with Crippen LogP contribution in [-0.4, -0.2) is 21.1 Å². The van der Waals surface area contributed by atoms with Crippen LogP contribution in [0.2, 0.25) is 0 Å². The van der Waals surface area contributed by atoms with Gasteiger partial charge in [0, 0.05) is 25.1 Å². The molecule has 1 fully saturated rings. The number of nitrogens with one attached hydrogen (secondary N) is 1. The molecule has 1 saturated carbocycles. The minimum atomic E-state index is 0.821. The van der Waals surface area contributed by atoms with Crippen LogP contribution in [0.15, 0.2) is 49.2 Å². The number of nitrogens with zero attached hydrogens (tertiary/aromatic N) is 3. The molecule has 3 atom stereocenters. The van der Waals surface area contributed by atoms with Gasteiger partial charge in [-0.2, -0.15) is 0 Å². The Hall–Kier alpha value is -1.94. The molecule has 1 N–H and O–H groups in total. The van der Waals surface area contributed by atoms with Crippen molar-refractivity contribution in [1.29, 1.82) is 0 Å². The summed E-state index contributed by atoms with van der Waals surface area (Å²) in [4.78, 5) is 8.45. The molecule has 2 aliphatic rings. The van der Waals surface area contributed by atoms with Crippen LogP contribution in [0.5, 0.6) is 0 Å². The monoisotopic (exact) mass is 280 g/mol. The molecule has 0 saturated heterocycles. The normalized spacial score (nSPS) is 26.6. The van der Waals surface area contributed by atoms with Crippen molar-refractivity contribution in [1.82, 2.24) is 19.9 Å². The first-order valence-corrected chi connectivity index (χ1v) is 7.71. The summed E-state index contributed by atoms with van der Waals surface area (Å²) in [6.07, 6.45) is 14.9. The lowest BCUT2D eigenvalue weighted by Gasteiger charge is -2.18. The van der Waals surface area contributed by atoms with Gasteiger partial charge in [-0.05, 0) is 54.8 Å². The first kappa shape index (κ1) is 12.8. The molecule has 2 bridgehead atoms. The Morgan fingerprint density at radius 3 is 3.00 bits per heavy atom. The van der Waals surface area contributed by atoms with E-state index in [-0.39, 0.29) is 0 Å². The van der Waals surface area contributed by atoms with Gasteiger partial charge in [-0.3, -0.25) is 4.57 Å². The predicted octanol–water partition coefficient (Wildman–Crippen LogP) is 2.57. The third-order valence-electron chi connectivity index (χ3n) is 4.73. The Kier molecular flexibility index (Phi) is 3.31. The van der Waals surface area contributed by atoms with Crippen LogP contribution < -0.4 is 5.32 Å². The predicted molar refractivity (Wildman–Crippen MR) is 81.9 cm³/mol. The number of fused-ring (bicyclic) bond motifs is 2. The highest BCUT2D eigenvalue weighted by Crippen LogP contribution is 2.42. The first-order valence-electron chi connectivity index (χ1n) is 7.71. The van der Waals surface area contributed by atoms with Crippen LogP contribution in [0.4, 0.5) is 0 Å². The van der Waals surface area contributed by atoms with Crippen molar-refractivity contribution >= 4 is 0 Å². The summed E-state index contributed by atoms with van der Waals surface area (Å²) in [6.45, 7) is 2.02. The van der Waals surface area contributed by atoms with Crippen molar-refractivity contribution < 1.29 is 0 Å².